The summed E-state index contributed by atoms with van der Waals surface area (Å²) in [4.78, 5) is 11.2. The molecule has 3 unspecified atom stereocenters. The Labute approximate surface area is 101 Å². The van der Waals surface area contributed by atoms with Crippen LogP contribution in [0.3, 0.4) is 0 Å². The van der Waals surface area contributed by atoms with E-state index in [-0.39, 0.29) is 6.10 Å². The van der Waals surface area contributed by atoms with E-state index in [1.165, 1.54) is 0 Å². The van der Waals surface area contributed by atoms with Gasteiger partial charge in [-0.25, -0.2) is 0 Å². The highest BCUT2D eigenvalue weighted by atomic mass is 32.2. The lowest BCUT2D eigenvalue weighted by Crippen LogP contribution is -2.52. The lowest BCUT2D eigenvalue weighted by atomic mass is 10.1. The van der Waals surface area contributed by atoms with Crippen LogP contribution in [0.4, 0.5) is 0 Å². The summed E-state index contributed by atoms with van der Waals surface area (Å²) in [7, 11) is 0. The molecule has 94 valence electrons. The minimum atomic E-state index is -0.832. The molecule has 1 rings (SSSR count). The van der Waals surface area contributed by atoms with Crippen LogP contribution >= 0.6 is 11.8 Å². The molecule has 0 bridgehead atoms. The van der Waals surface area contributed by atoms with E-state index in [0.29, 0.717) is 17.5 Å². The Hall–Kier alpha value is -0.260. The molecular formula is C11H21NO3S. The van der Waals surface area contributed by atoms with Crippen molar-refractivity contribution in [2.75, 3.05) is 18.9 Å². The van der Waals surface area contributed by atoms with E-state index in [9.17, 15) is 9.90 Å². The van der Waals surface area contributed by atoms with Crippen LogP contribution in [-0.4, -0.2) is 46.9 Å². The van der Waals surface area contributed by atoms with Gasteiger partial charge >= 0.3 is 5.97 Å². The van der Waals surface area contributed by atoms with Crippen LogP contribution in [-0.2, 0) is 9.53 Å². The van der Waals surface area contributed by atoms with E-state index in [2.05, 4.69) is 12.2 Å². The van der Waals surface area contributed by atoms with Gasteiger partial charge in [0.15, 0.2) is 0 Å². The number of hydrogen-bond acceptors (Lipinski definition) is 4. The minimum absolute atomic E-state index is 0.240. The number of aliphatic carboxylic acids is 1. The second-order valence-electron chi connectivity index (χ2n) is 4.38. The fourth-order valence-electron chi connectivity index (χ4n) is 1.78. The number of carboxylic acids is 1. The zero-order chi connectivity index (χ0) is 12.2. The highest BCUT2D eigenvalue weighted by molar-refractivity contribution is 8.00. The molecule has 0 radical (unpaired) electrons. The monoisotopic (exact) mass is 247 g/mol. The van der Waals surface area contributed by atoms with Crippen LogP contribution in [0.15, 0.2) is 0 Å². The Morgan fingerprint density at radius 1 is 1.69 bits per heavy atom. The SMILES string of the molecule is CCNC(C)(CSC1CCOC1C)C(=O)O. The molecule has 0 aromatic rings. The molecular weight excluding hydrogens is 226 g/mol. The van der Waals surface area contributed by atoms with Gasteiger partial charge in [-0.15, -0.1) is 0 Å². The number of likely N-dealkylation sites (N-methyl/N-ethyl adjacent to an activating group) is 1. The van der Waals surface area contributed by atoms with Gasteiger partial charge in [-0.05, 0) is 26.8 Å². The Kier molecular flexibility index (Phi) is 5.08. The normalized spacial score (nSPS) is 28.9. The van der Waals surface area contributed by atoms with Crippen molar-refractivity contribution in [3.05, 3.63) is 0 Å². The average Bonchev–Trinajstić information content (AvgIpc) is 2.61. The Morgan fingerprint density at radius 3 is 2.81 bits per heavy atom. The third kappa shape index (κ3) is 3.37. The van der Waals surface area contributed by atoms with Crippen molar-refractivity contribution >= 4 is 17.7 Å². The largest absolute Gasteiger partial charge is 0.480 e. The maximum atomic E-state index is 11.2. The number of nitrogens with one attached hydrogen (secondary N) is 1. The molecule has 0 amide bonds. The summed E-state index contributed by atoms with van der Waals surface area (Å²) in [5, 5.41) is 12.7. The zero-order valence-corrected chi connectivity index (χ0v) is 11.0. The molecule has 1 saturated heterocycles. The first-order valence-electron chi connectivity index (χ1n) is 5.71. The first-order valence-corrected chi connectivity index (χ1v) is 6.76. The van der Waals surface area contributed by atoms with Gasteiger partial charge in [-0.3, -0.25) is 4.79 Å². The summed E-state index contributed by atoms with van der Waals surface area (Å²) in [6, 6.07) is 0. The van der Waals surface area contributed by atoms with Gasteiger partial charge in [0.1, 0.15) is 5.54 Å². The number of carboxylic acid groups (broad SMARTS) is 1. The third-order valence-electron chi connectivity index (χ3n) is 2.93. The average molecular weight is 247 g/mol. The predicted octanol–water partition coefficient (Wildman–Crippen LogP) is 1.35. The maximum absolute atomic E-state index is 11.2. The van der Waals surface area contributed by atoms with E-state index >= 15 is 0 Å². The van der Waals surface area contributed by atoms with Gasteiger partial charge in [0.2, 0.25) is 0 Å². The van der Waals surface area contributed by atoms with Crippen LogP contribution in [0.1, 0.15) is 27.2 Å². The predicted molar refractivity (Wildman–Crippen MR) is 66.0 cm³/mol. The van der Waals surface area contributed by atoms with Crippen LogP contribution in [0, 0.1) is 0 Å². The van der Waals surface area contributed by atoms with Crippen LogP contribution in [0.2, 0.25) is 0 Å². The van der Waals surface area contributed by atoms with Crippen molar-refractivity contribution in [2.24, 2.45) is 0 Å². The van der Waals surface area contributed by atoms with Crippen molar-refractivity contribution in [1.82, 2.24) is 5.32 Å². The summed E-state index contributed by atoms with van der Waals surface area (Å²) in [5.74, 6) is -0.206. The Balaban J connectivity index is 2.46. The number of rotatable bonds is 6. The number of ether oxygens (including phenoxy) is 1. The van der Waals surface area contributed by atoms with Crippen molar-refractivity contribution in [3.8, 4) is 0 Å². The van der Waals surface area contributed by atoms with Gasteiger partial charge in [-0.1, -0.05) is 6.92 Å². The van der Waals surface area contributed by atoms with E-state index in [4.69, 9.17) is 4.74 Å². The fourth-order valence-corrected chi connectivity index (χ4v) is 3.17. The summed E-state index contributed by atoms with van der Waals surface area (Å²) in [5.41, 5.74) is -0.832. The number of hydrogen-bond donors (Lipinski definition) is 2. The van der Waals surface area contributed by atoms with Crippen LogP contribution in [0.25, 0.3) is 0 Å². The maximum Gasteiger partial charge on any atom is 0.324 e. The van der Waals surface area contributed by atoms with Crippen LogP contribution in [0.5, 0.6) is 0 Å². The molecule has 1 aliphatic rings. The summed E-state index contributed by atoms with van der Waals surface area (Å²) >= 11 is 1.70. The molecule has 0 aliphatic carbocycles. The van der Waals surface area contributed by atoms with E-state index in [1.807, 2.05) is 6.92 Å². The topological polar surface area (TPSA) is 58.6 Å². The minimum Gasteiger partial charge on any atom is -0.480 e. The lowest BCUT2D eigenvalue weighted by molar-refractivity contribution is -0.143. The molecule has 1 aliphatic heterocycles. The van der Waals surface area contributed by atoms with Gasteiger partial charge in [-0.2, -0.15) is 11.8 Å². The van der Waals surface area contributed by atoms with Crippen molar-refractivity contribution in [3.63, 3.8) is 0 Å². The van der Waals surface area contributed by atoms with Gasteiger partial charge < -0.3 is 15.2 Å². The molecule has 16 heavy (non-hydrogen) atoms. The Bertz CT molecular complexity index is 249. The van der Waals surface area contributed by atoms with Crippen molar-refractivity contribution in [2.45, 2.75) is 44.1 Å². The smallest absolute Gasteiger partial charge is 0.324 e. The highest BCUT2D eigenvalue weighted by Gasteiger charge is 2.34. The fraction of sp³-hybridized carbons (Fsp3) is 0.909. The molecule has 3 atom stereocenters. The Morgan fingerprint density at radius 2 is 2.38 bits per heavy atom. The molecule has 0 aromatic heterocycles. The molecule has 0 aromatic carbocycles. The van der Waals surface area contributed by atoms with Gasteiger partial charge in [0, 0.05) is 17.6 Å². The highest BCUT2D eigenvalue weighted by Crippen LogP contribution is 2.28. The molecule has 1 heterocycles. The standard InChI is InChI=1S/C11H21NO3S/c1-4-12-11(3,10(13)14)7-16-9-5-6-15-8(9)2/h8-9,12H,4-7H2,1-3H3,(H,13,14). The van der Waals surface area contributed by atoms with Crippen LogP contribution < -0.4 is 5.32 Å². The van der Waals surface area contributed by atoms with E-state index in [1.54, 1.807) is 18.7 Å². The first kappa shape index (κ1) is 13.8. The quantitative estimate of drug-likeness (QED) is 0.742. The van der Waals surface area contributed by atoms with Crippen molar-refractivity contribution in [1.29, 1.82) is 0 Å². The van der Waals surface area contributed by atoms with E-state index < -0.39 is 11.5 Å². The molecule has 4 nitrogen and oxygen atoms in total. The summed E-state index contributed by atoms with van der Waals surface area (Å²) in [6.45, 7) is 7.18. The van der Waals surface area contributed by atoms with Gasteiger partial charge in [0.05, 0.1) is 6.10 Å². The zero-order valence-electron chi connectivity index (χ0n) is 10.2. The third-order valence-corrected chi connectivity index (χ3v) is 4.72. The number of thioether (sulfide) groups is 1. The van der Waals surface area contributed by atoms with E-state index in [0.717, 1.165) is 13.0 Å². The molecule has 5 heteroatoms. The first-order chi connectivity index (χ1) is 7.49. The van der Waals surface area contributed by atoms with Gasteiger partial charge in [0.25, 0.3) is 0 Å². The second kappa shape index (κ2) is 5.89. The summed E-state index contributed by atoms with van der Waals surface area (Å²) < 4.78 is 5.46. The lowest BCUT2D eigenvalue weighted by Gasteiger charge is -2.27. The number of carbonyl (C=O) groups is 1. The second-order valence-corrected chi connectivity index (χ2v) is 5.61. The summed E-state index contributed by atoms with van der Waals surface area (Å²) in [6.07, 6.45) is 1.26. The molecule has 0 spiro atoms. The molecule has 1 fully saturated rings. The molecule has 0 saturated carbocycles. The van der Waals surface area contributed by atoms with Crippen molar-refractivity contribution < 1.29 is 14.6 Å². The molecule has 2 N–H and O–H groups in total.